The lowest BCUT2D eigenvalue weighted by atomic mass is 9.88. The second kappa shape index (κ2) is 18.0. The van der Waals surface area contributed by atoms with E-state index in [1.165, 1.54) is 52.0 Å². The Morgan fingerprint density at radius 2 is 1.20 bits per heavy atom. The number of halogens is 1. The van der Waals surface area contributed by atoms with Gasteiger partial charge in [-0.15, -0.1) is 22.7 Å². The largest absolute Gasteiger partial charge is 0.394 e. The Labute approximate surface area is 304 Å². The summed E-state index contributed by atoms with van der Waals surface area (Å²) < 4.78 is 0. The summed E-state index contributed by atoms with van der Waals surface area (Å²) in [4.78, 5) is 22.6. The van der Waals surface area contributed by atoms with E-state index in [-0.39, 0.29) is 18.3 Å². The Balaban J connectivity index is 0.000000149. The van der Waals surface area contributed by atoms with E-state index in [1.807, 2.05) is 11.3 Å². The third-order valence-electron chi connectivity index (χ3n) is 9.91. The predicted octanol–water partition coefficient (Wildman–Crippen LogP) is 7.64. The molecule has 2 atom stereocenters. The van der Waals surface area contributed by atoms with Crippen molar-refractivity contribution >= 4 is 60.5 Å². The molecule has 4 heterocycles. The molecule has 4 aromatic heterocycles. The molecule has 270 valence electrons. The molecular weight excluding hydrogens is 676 g/mol. The number of fused-ring (bicyclic) bond motifs is 6. The first-order chi connectivity index (χ1) is 23.5. The monoisotopic (exact) mass is 730 g/mol. The van der Waals surface area contributed by atoms with Crippen molar-refractivity contribution < 1.29 is 15.3 Å². The van der Waals surface area contributed by atoms with Crippen LogP contribution in [0.15, 0.2) is 12.7 Å². The number of hydrogen-bond donors (Lipinski definition) is 5. The van der Waals surface area contributed by atoms with Gasteiger partial charge in [0.05, 0.1) is 23.0 Å². The maximum absolute atomic E-state index is 9.67. The SMILES string of the molecule is CC(C)O.C[C@@H]1CCc2sc3ncnc(Cl)c3c2C1.C[C@@H]1CCc2sc3ncnc(NC4CCC(O)CC4)c3c2C1.NC1CCC(O)CC1. The Morgan fingerprint density at radius 3 is 1.73 bits per heavy atom. The van der Waals surface area contributed by atoms with Crippen LogP contribution in [-0.4, -0.2) is 65.7 Å². The van der Waals surface area contributed by atoms with Gasteiger partial charge in [0.1, 0.15) is 33.3 Å². The Kier molecular flexibility index (Phi) is 14.0. The molecule has 2 fully saturated rings. The summed E-state index contributed by atoms with van der Waals surface area (Å²) in [5.41, 5.74) is 8.47. The molecule has 4 aliphatic rings. The number of aromatic nitrogens is 4. The van der Waals surface area contributed by atoms with Crippen LogP contribution < -0.4 is 11.1 Å². The zero-order chi connectivity index (χ0) is 35.1. The normalized spacial score (nSPS) is 26.3. The van der Waals surface area contributed by atoms with Gasteiger partial charge in [-0.25, -0.2) is 19.9 Å². The van der Waals surface area contributed by atoms with E-state index in [0.717, 1.165) is 96.9 Å². The zero-order valence-corrected chi connectivity index (χ0v) is 31.9. The van der Waals surface area contributed by atoms with E-state index >= 15 is 0 Å². The standard InChI is InChI=1S/C17H23N3OS.C11H11ClN2S.C6H13NO.C3H8O/c1-10-2-7-14-13(8-10)15-16(18-9-19-17(15)22-14)20-11-3-5-12(21)6-4-11;1-6-2-3-8-7(4-6)9-10(12)13-5-14-11(9)15-8;7-5-1-3-6(8)4-2-5;1-3(2)4/h9-12,21H,2-8H2,1H3,(H,18,19,20);5-6H,2-4H2,1H3;5-6,8H,1-4,7H2;3-4H,1-2H3/t10-,11?,12?;6-;;/m11../s1. The highest BCUT2D eigenvalue weighted by Gasteiger charge is 2.26. The molecule has 12 heteroatoms. The zero-order valence-electron chi connectivity index (χ0n) is 29.5. The first-order valence-electron chi connectivity index (χ1n) is 18.2. The molecule has 0 unspecified atom stereocenters. The molecule has 8 rings (SSSR count). The van der Waals surface area contributed by atoms with Gasteiger partial charge < -0.3 is 26.4 Å². The van der Waals surface area contributed by atoms with E-state index < -0.39 is 0 Å². The lowest BCUT2D eigenvalue weighted by molar-refractivity contribution is 0.123. The van der Waals surface area contributed by atoms with Gasteiger partial charge in [0.25, 0.3) is 0 Å². The van der Waals surface area contributed by atoms with E-state index in [4.69, 9.17) is 27.5 Å². The number of nitrogens with zero attached hydrogens (tertiary/aromatic N) is 4. The summed E-state index contributed by atoms with van der Waals surface area (Å²) in [5, 5.41) is 33.3. The molecule has 0 amide bonds. The van der Waals surface area contributed by atoms with Gasteiger partial charge in [-0.1, -0.05) is 25.4 Å². The molecule has 9 nitrogen and oxygen atoms in total. The number of nitrogens with one attached hydrogen (secondary N) is 1. The van der Waals surface area contributed by atoms with Crippen molar-refractivity contribution in [1.29, 1.82) is 0 Å². The van der Waals surface area contributed by atoms with Gasteiger partial charge in [0.2, 0.25) is 0 Å². The molecule has 4 aromatic rings. The molecule has 0 bridgehead atoms. The van der Waals surface area contributed by atoms with Crippen molar-refractivity contribution in [2.24, 2.45) is 17.6 Å². The summed E-state index contributed by atoms with van der Waals surface area (Å²) in [7, 11) is 0. The second-order valence-electron chi connectivity index (χ2n) is 14.8. The highest BCUT2D eigenvalue weighted by atomic mass is 35.5. The quantitative estimate of drug-likeness (QED) is 0.131. The van der Waals surface area contributed by atoms with Crippen LogP contribution in [0.3, 0.4) is 0 Å². The van der Waals surface area contributed by atoms with E-state index in [2.05, 4.69) is 39.1 Å². The lowest BCUT2D eigenvalue weighted by Crippen LogP contribution is -2.28. The van der Waals surface area contributed by atoms with Crippen LogP contribution in [0.4, 0.5) is 5.82 Å². The third-order valence-corrected chi connectivity index (χ3v) is 12.6. The maximum atomic E-state index is 9.67. The van der Waals surface area contributed by atoms with Gasteiger partial charge >= 0.3 is 0 Å². The summed E-state index contributed by atoms with van der Waals surface area (Å²) in [5.74, 6) is 2.52. The van der Waals surface area contributed by atoms with Crippen molar-refractivity contribution in [2.45, 2.75) is 148 Å². The fraction of sp³-hybridized carbons (Fsp3) is 0.676. The first-order valence-corrected chi connectivity index (χ1v) is 20.2. The van der Waals surface area contributed by atoms with Crippen LogP contribution in [0, 0.1) is 11.8 Å². The molecule has 0 saturated heterocycles. The smallest absolute Gasteiger partial charge is 0.141 e. The van der Waals surface area contributed by atoms with Crippen molar-refractivity contribution in [1.82, 2.24) is 19.9 Å². The molecule has 0 aliphatic heterocycles. The minimum absolute atomic E-state index is 0.0604. The fourth-order valence-corrected chi connectivity index (χ4v) is 9.82. The second-order valence-corrected chi connectivity index (χ2v) is 17.3. The van der Waals surface area contributed by atoms with Gasteiger partial charge in [-0.2, -0.15) is 0 Å². The maximum Gasteiger partial charge on any atom is 0.141 e. The van der Waals surface area contributed by atoms with E-state index in [1.54, 1.807) is 37.8 Å². The third kappa shape index (κ3) is 10.5. The van der Waals surface area contributed by atoms with Gasteiger partial charge in [0.15, 0.2) is 0 Å². The number of aliphatic hydroxyl groups excluding tert-OH is 3. The Hall–Kier alpha value is -1.99. The number of nitrogens with two attached hydrogens (primary N) is 1. The summed E-state index contributed by atoms with van der Waals surface area (Å²) in [6.45, 7) is 8.08. The van der Waals surface area contributed by atoms with Crippen molar-refractivity contribution in [2.75, 3.05) is 5.32 Å². The molecule has 4 aliphatic carbocycles. The van der Waals surface area contributed by atoms with E-state index in [0.29, 0.717) is 17.2 Å². The van der Waals surface area contributed by atoms with E-state index in [9.17, 15) is 5.11 Å². The Morgan fingerprint density at radius 1 is 0.735 bits per heavy atom. The number of anilines is 1. The number of aliphatic hydroxyl groups is 3. The molecule has 0 radical (unpaired) electrons. The highest BCUT2D eigenvalue weighted by Crippen LogP contribution is 2.41. The van der Waals surface area contributed by atoms with Crippen molar-refractivity contribution in [3.8, 4) is 0 Å². The summed E-state index contributed by atoms with van der Waals surface area (Å²) in [6.07, 6.45) is 17.8. The topological polar surface area (TPSA) is 150 Å². The number of aryl methyl sites for hydroxylation is 2. The summed E-state index contributed by atoms with van der Waals surface area (Å²) >= 11 is 9.77. The molecule has 2 saturated carbocycles. The van der Waals surface area contributed by atoms with Crippen molar-refractivity contribution in [3.05, 3.63) is 38.7 Å². The van der Waals surface area contributed by atoms with Crippen LogP contribution in [0.5, 0.6) is 0 Å². The average Bonchev–Trinajstić information content (AvgIpc) is 3.63. The molecular formula is C37H55ClN6O3S2. The van der Waals surface area contributed by atoms with Crippen molar-refractivity contribution in [3.63, 3.8) is 0 Å². The molecule has 6 N–H and O–H groups in total. The van der Waals surface area contributed by atoms with Gasteiger partial charge in [0, 0.05) is 27.9 Å². The number of hydrogen-bond acceptors (Lipinski definition) is 11. The number of thiophene rings is 2. The van der Waals surface area contributed by atoms with Gasteiger partial charge in [-0.3, -0.25) is 0 Å². The average molecular weight is 731 g/mol. The van der Waals surface area contributed by atoms with Crippen LogP contribution in [0.25, 0.3) is 20.4 Å². The lowest BCUT2D eigenvalue weighted by Gasteiger charge is -2.27. The van der Waals surface area contributed by atoms with Crippen LogP contribution in [-0.2, 0) is 25.7 Å². The minimum Gasteiger partial charge on any atom is -0.394 e. The fourth-order valence-electron chi connectivity index (χ4n) is 7.15. The molecule has 0 aromatic carbocycles. The molecule has 0 spiro atoms. The molecule has 49 heavy (non-hydrogen) atoms. The first kappa shape index (κ1) is 38.2. The predicted molar refractivity (Wildman–Crippen MR) is 204 cm³/mol. The van der Waals surface area contributed by atoms with Crippen LogP contribution in [0.1, 0.15) is 113 Å². The minimum atomic E-state index is -0.167. The summed E-state index contributed by atoms with van der Waals surface area (Å²) in [6, 6.07) is 0.788. The van der Waals surface area contributed by atoms with Gasteiger partial charge in [-0.05, 0) is 127 Å². The van der Waals surface area contributed by atoms with Crippen LogP contribution in [0.2, 0.25) is 5.15 Å². The van der Waals surface area contributed by atoms with Crippen LogP contribution >= 0.6 is 34.3 Å². The Bertz CT molecular complexity index is 1620. The number of rotatable bonds is 2. The highest BCUT2D eigenvalue weighted by molar-refractivity contribution is 7.19.